The van der Waals surface area contributed by atoms with Crippen LogP contribution in [0, 0.1) is 0 Å². The van der Waals surface area contributed by atoms with Crippen LogP contribution in [-0.2, 0) is 26.1 Å². The van der Waals surface area contributed by atoms with Crippen molar-refractivity contribution in [3.8, 4) is 0 Å². The summed E-state index contributed by atoms with van der Waals surface area (Å²) < 4.78 is 37.1. The van der Waals surface area contributed by atoms with Gasteiger partial charge in [0.25, 0.3) is 5.91 Å². The van der Waals surface area contributed by atoms with Crippen molar-refractivity contribution in [2.24, 2.45) is 0 Å². The molecule has 1 amide bonds. The van der Waals surface area contributed by atoms with Crippen LogP contribution in [0.15, 0.2) is 52.0 Å². The third-order valence-corrected chi connectivity index (χ3v) is 6.63. The van der Waals surface area contributed by atoms with Gasteiger partial charge in [-0.15, -0.1) is 0 Å². The van der Waals surface area contributed by atoms with E-state index in [1.54, 1.807) is 12.1 Å². The first-order valence-corrected chi connectivity index (χ1v) is 10.9. The molecular formula is C20H24N2O6S. The van der Waals surface area contributed by atoms with E-state index in [1.165, 1.54) is 41.8 Å². The van der Waals surface area contributed by atoms with E-state index in [9.17, 15) is 18.0 Å². The summed E-state index contributed by atoms with van der Waals surface area (Å²) in [4.78, 5) is 24.5. The van der Waals surface area contributed by atoms with Gasteiger partial charge in [-0.05, 0) is 56.2 Å². The van der Waals surface area contributed by atoms with Crippen LogP contribution in [0.25, 0.3) is 0 Å². The molecule has 0 unspecified atom stereocenters. The summed E-state index contributed by atoms with van der Waals surface area (Å²) in [5.41, 5.74) is 0.174. The predicted octanol–water partition coefficient (Wildman–Crippen LogP) is 2.32. The number of hydrogen-bond acceptors (Lipinski definition) is 6. The lowest BCUT2D eigenvalue weighted by molar-refractivity contribution is -0.129. The highest BCUT2D eigenvalue weighted by molar-refractivity contribution is 7.89. The normalized spacial score (nSPS) is 16.2. The highest BCUT2D eigenvalue weighted by Gasteiger charge is 2.26. The minimum absolute atomic E-state index is 0.139. The van der Waals surface area contributed by atoms with Gasteiger partial charge in [0.15, 0.2) is 6.10 Å². The first kappa shape index (κ1) is 21.1. The van der Waals surface area contributed by atoms with Crippen molar-refractivity contribution < 1.29 is 27.2 Å². The van der Waals surface area contributed by atoms with Crippen LogP contribution >= 0.6 is 0 Å². The molecule has 0 bridgehead atoms. The van der Waals surface area contributed by atoms with Gasteiger partial charge in [-0.25, -0.2) is 13.2 Å². The number of piperidine rings is 1. The fraction of sp³-hybridized carbons (Fsp3) is 0.400. The Hall–Kier alpha value is -2.65. The van der Waals surface area contributed by atoms with Crippen molar-refractivity contribution in [2.75, 3.05) is 13.1 Å². The molecule has 1 aliphatic rings. The number of carbonyl (C=O) groups is 2. The van der Waals surface area contributed by atoms with Gasteiger partial charge in [-0.2, -0.15) is 4.31 Å². The zero-order valence-electron chi connectivity index (χ0n) is 16.2. The third-order valence-electron chi connectivity index (χ3n) is 4.71. The molecule has 3 rings (SSSR count). The number of esters is 1. The number of nitrogens with one attached hydrogen (secondary N) is 1. The van der Waals surface area contributed by atoms with Gasteiger partial charge in [-0.3, -0.25) is 4.79 Å². The molecule has 1 fully saturated rings. The first-order valence-electron chi connectivity index (χ1n) is 9.49. The molecule has 1 aromatic heterocycles. The van der Waals surface area contributed by atoms with E-state index in [1.807, 2.05) is 0 Å². The number of carbonyl (C=O) groups excluding carboxylic acids is 2. The number of furan rings is 1. The SMILES string of the molecule is C[C@@H](OC(=O)c1ccc(S(=O)(=O)N2CCCCC2)cc1)C(=O)NCc1ccco1. The van der Waals surface area contributed by atoms with E-state index in [0.717, 1.165) is 19.3 Å². The molecule has 0 saturated carbocycles. The van der Waals surface area contributed by atoms with Gasteiger partial charge in [0.2, 0.25) is 10.0 Å². The molecular weight excluding hydrogens is 396 g/mol. The van der Waals surface area contributed by atoms with Crippen LogP contribution in [0.2, 0.25) is 0 Å². The minimum atomic E-state index is -3.56. The fourth-order valence-corrected chi connectivity index (χ4v) is 4.55. The van der Waals surface area contributed by atoms with Crippen LogP contribution in [-0.4, -0.2) is 43.8 Å². The average molecular weight is 420 g/mol. The van der Waals surface area contributed by atoms with Crippen LogP contribution in [0.5, 0.6) is 0 Å². The number of nitrogens with zero attached hydrogens (tertiary/aromatic N) is 1. The lowest BCUT2D eigenvalue weighted by atomic mass is 10.2. The molecule has 1 saturated heterocycles. The van der Waals surface area contributed by atoms with Gasteiger partial charge in [-0.1, -0.05) is 6.42 Å². The molecule has 1 N–H and O–H groups in total. The van der Waals surface area contributed by atoms with Crippen molar-refractivity contribution in [1.82, 2.24) is 9.62 Å². The van der Waals surface area contributed by atoms with Crippen molar-refractivity contribution in [3.63, 3.8) is 0 Å². The molecule has 29 heavy (non-hydrogen) atoms. The molecule has 1 atom stereocenters. The lowest BCUT2D eigenvalue weighted by Crippen LogP contribution is -2.36. The Bertz CT molecular complexity index is 932. The van der Waals surface area contributed by atoms with E-state index in [0.29, 0.717) is 18.8 Å². The maximum atomic E-state index is 12.7. The van der Waals surface area contributed by atoms with Crippen molar-refractivity contribution >= 4 is 21.9 Å². The summed E-state index contributed by atoms with van der Waals surface area (Å²) in [5.74, 6) is -0.575. The number of sulfonamides is 1. The Morgan fingerprint density at radius 2 is 1.83 bits per heavy atom. The highest BCUT2D eigenvalue weighted by atomic mass is 32.2. The maximum Gasteiger partial charge on any atom is 0.338 e. The summed E-state index contributed by atoms with van der Waals surface area (Å²) >= 11 is 0. The fourth-order valence-electron chi connectivity index (χ4n) is 3.03. The van der Waals surface area contributed by atoms with Crippen molar-refractivity contribution in [3.05, 3.63) is 54.0 Å². The second kappa shape index (κ2) is 9.23. The van der Waals surface area contributed by atoms with Gasteiger partial charge in [0.1, 0.15) is 5.76 Å². The molecule has 1 aliphatic heterocycles. The second-order valence-electron chi connectivity index (χ2n) is 6.83. The zero-order valence-corrected chi connectivity index (χ0v) is 17.0. The second-order valence-corrected chi connectivity index (χ2v) is 8.77. The minimum Gasteiger partial charge on any atom is -0.467 e. The maximum absolute atomic E-state index is 12.7. The predicted molar refractivity (Wildman–Crippen MR) is 104 cm³/mol. The Morgan fingerprint density at radius 3 is 2.45 bits per heavy atom. The molecule has 2 aromatic rings. The Morgan fingerprint density at radius 1 is 1.14 bits per heavy atom. The zero-order chi connectivity index (χ0) is 20.9. The number of hydrogen-bond donors (Lipinski definition) is 1. The quantitative estimate of drug-likeness (QED) is 0.689. The van der Waals surface area contributed by atoms with Crippen LogP contribution in [0.4, 0.5) is 0 Å². The molecule has 0 aliphatic carbocycles. The highest BCUT2D eigenvalue weighted by Crippen LogP contribution is 2.21. The van der Waals surface area contributed by atoms with Crippen LogP contribution in [0.1, 0.15) is 42.3 Å². The standard InChI is InChI=1S/C20H24N2O6S/c1-15(19(23)21-14-17-6-5-13-27-17)28-20(24)16-7-9-18(10-8-16)29(25,26)22-11-3-2-4-12-22/h5-10,13,15H,2-4,11-12,14H2,1H3,(H,21,23)/t15-/m1/s1. The molecule has 9 heteroatoms. The average Bonchev–Trinajstić information content (AvgIpc) is 3.26. The molecule has 1 aromatic carbocycles. The van der Waals surface area contributed by atoms with Gasteiger partial charge >= 0.3 is 5.97 Å². The first-order chi connectivity index (χ1) is 13.9. The summed E-state index contributed by atoms with van der Waals surface area (Å²) in [5, 5.41) is 2.61. The number of rotatable bonds is 7. The summed E-state index contributed by atoms with van der Waals surface area (Å²) in [6.45, 7) is 2.68. The third kappa shape index (κ3) is 5.24. The Kier molecular flexibility index (Phi) is 6.71. The smallest absolute Gasteiger partial charge is 0.338 e. The van der Waals surface area contributed by atoms with Crippen molar-refractivity contribution in [1.29, 1.82) is 0 Å². The summed E-state index contributed by atoms with van der Waals surface area (Å²) in [6, 6.07) is 9.00. The number of benzene rings is 1. The molecule has 156 valence electrons. The summed E-state index contributed by atoms with van der Waals surface area (Å²) in [6.07, 6.45) is 3.23. The van der Waals surface area contributed by atoms with E-state index < -0.39 is 28.0 Å². The number of ether oxygens (including phenoxy) is 1. The number of amides is 1. The van der Waals surface area contributed by atoms with Crippen molar-refractivity contribution in [2.45, 2.75) is 43.7 Å². The topological polar surface area (TPSA) is 106 Å². The molecule has 0 radical (unpaired) electrons. The van der Waals surface area contributed by atoms with Crippen LogP contribution in [0.3, 0.4) is 0 Å². The molecule has 2 heterocycles. The molecule has 0 spiro atoms. The Labute approximate surface area is 169 Å². The van der Waals surface area contributed by atoms with E-state index in [2.05, 4.69) is 5.32 Å². The molecule has 8 nitrogen and oxygen atoms in total. The summed E-state index contributed by atoms with van der Waals surface area (Å²) in [7, 11) is -3.56. The largest absolute Gasteiger partial charge is 0.467 e. The van der Waals surface area contributed by atoms with Crippen LogP contribution < -0.4 is 5.32 Å². The van der Waals surface area contributed by atoms with E-state index in [4.69, 9.17) is 9.15 Å². The lowest BCUT2D eigenvalue weighted by Gasteiger charge is -2.25. The van der Waals surface area contributed by atoms with Gasteiger partial charge in [0.05, 0.1) is 23.3 Å². The van der Waals surface area contributed by atoms with E-state index >= 15 is 0 Å². The van der Waals surface area contributed by atoms with E-state index in [-0.39, 0.29) is 17.0 Å². The van der Waals surface area contributed by atoms with Gasteiger partial charge < -0.3 is 14.5 Å². The Balaban J connectivity index is 1.57. The monoisotopic (exact) mass is 420 g/mol. The van der Waals surface area contributed by atoms with Gasteiger partial charge in [0, 0.05) is 13.1 Å².